The highest BCUT2D eigenvalue weighted by molar-refractivity contribution is 6.08. The van der Waals surface area contributed by atoms with Crippen LogP contribution in [0.3, 0.4) is 0 Å². The second-order valence-corrected chi connectivity index (χ2v) is 4.25. The number of nitrogens with zero attached hydrogens (tertiary/aromatic N) is 1. The number of anilines is 1. The highest BCUT2D eigenvalue weighted by Gasteiger charge is 2.21. The molecule has 0 fully saturated rings. The van der Waals surface area contributed by atoms with Crippen LogP contribution in [0.4, 0.5) is 5.69 Å². The van der Waals surface area contributed by atoms with Gasteiger partial charge in [-0.15, -0.1) is 0 Å². The van der Waals surface area contributed by atoms with Gasteiger partial charge < -0.3 is 20.1 Å². The molecular formula is C14H15N3O4. The molecule has 1 amide bonds. The van der Waals surface area contributed by atoms with Crippen molar-refractivity contribution in [3.05, 3.63) is 41.5 Å². The maximum atomic E-state index is 12.1. The molecule has 0 saturated heterocycles. The van der Waals surface area contributed by atoms with E-state index in [1.54, 1.807) is 13.8 Å². The molecule has 0 aromatic carbocycles. The molecule has 2 aromatic heterocycles. The number of rotatable bonds is 4. The number of aromatic hydroxyl groups is 1. The number of amides is 1. The minimum Gasteiger partial charge on any atom is -0.505 e. The largest absolute Gasteiger partial charge is 0.505 e. The zero-order chi connectivity index (χ0) is 15.4. The fraction of sp³-hybridized carbons (Fsp3) is 0.214. The van der Waals surface area contributed by atoms with E-state index in [1.165, 1.54) is 24.5 Å². The molecule has 0 bridgehead atoms. The molecule has 0 aliphatic carbocycles. The lowest BCUT2D eigenvalue weighted by Crippen LogP contribution is -2.16. The molecular weight excluding hydrogens is 274 g/mol. The van der Waals surface area contributed by atoms with Crippen molar-refractivity contribution in [2.75, 3.05) is 11.9 Å². The third kappa shape index (κ3) is 3.02. The zero-order valence-corrected chi connectivity index (χ0v) is 11.6. The van der Waals surface area contributed by atoms with Gasteiger partial charge in [-0.1, -0.05) is 0 Å². The monoisotopic (exact) mass is 289 g/mol. The SMILES string of the molecule is CCOC(=O)c1c(NC(=O)c2ncccc2O)c[nH]c1C. The summed E-state index contributed by atoms with van der Waals surface area (Å²) in [5.41, 5.74) is 0.988. The second kappa shape index (κ2) is 6.08. The van der Waals surface area contributed by atoms with Crippen molar-refractivity contribution in [2.24, 2.45) is 0 Å². The maximum absolute atomic E-state index is 12.1. The molecule has 2 heterocycles. The first kappa shape index (κ1) is 14.6. The van der Waals surface area contributed by atoms with Crippen molar-refractivity contribution in [2.45, 2.75) is 13.8 Å². The van der Waals surface area contributed by atoms with Crippen molar-refractivity contribution in [3.63, 3.8) is 0 Å². The molecule has 0 radical (unpaired) electrons. The number of esters is 1. The lowest BCUT2D eigenvalue weighted by Gasteiger charge is -2.07. The predicted octanol–water partition coefficient (Wildman–Crippen LogP) is 1.85. The van der Waals surface area contributed by atoms with Crippen molar-refractivity contribution < 1.29 is 19.4 Å². The summed E-state index contributed by atoms with van der Waals surface area (Å²) in [6, 6.07) is 2.87. The quantitative estimate of drug-likeness (QED) is 0.745. The Morgan fingerprint density at radius 3 is 2.90 bits per heavy atom. The highest BCUT2D eigenvalue weighted by atomic mass is 16.5. The predicted molar refractivity (Wildman–Crippen MR) is 75.3 cm³/mol. The molecule has 0 spiro atoms. The smallest absolute Gasteiger partial charge is 0.342 e. The van der Waals surface area contributed by atoms with E-state index >= 15 is 0 Å². The summed E-state index contributed by atoms with van der Waals surface area (Å²) in [4.78, 5) is 30.6. The minimum atomic E-state index is -0.613. The van der Waals surface area contributed by atoms with E-state index in [9.17, 15) is 14.7 Å². The van der Waals surface area contributed by atoms with Gasteiger partial charge in [-0.05, 0) is 26.0 Å². The van der Waals surface area contributed by atoms with E-state index in [4.69, 9.17) is 4.74 Å². The van der Waals surface area contributed by atoms with Crippen LogP contribution in [0.5, 0.6) is 5.75 Å². The zero-order valence-electron chi connectivity index (χ0n) is 11.6. The number of pyridine rings is 1. The summed E-state index contributed by atoms with van der Waals surface area (Å²) >= 11 is 0. The number of hydrogen-bond donors (Lipinski definition) is 3. The van der Waals surface area contributed by atoms with Gasteiger partial charge in [-0.2, -0.15) is 0 Å². The molecule has 0 atom stereocenters. The van der Waals surface area contributed by atoms with Crippen LogP contribution < -0.4 is 5.32 Å². The third-order valence-electron chi connectivity index (χ3n) is 2.81. The number of carbonyl (C=O) groups is 2. The van der Waals surface area contributed by atoms with Crippen molar-refractivity contribution in [3.8, 4) is 5.75 Å². The summed E-state index contributed by atoms with van der Waals surface area (Å²) in [5.74, 6) is -1.38. The van der Waals surface area contributed by atoms with Gasteiger partial charge in [0.05, 0.1) is 12.3 Å². The van der Waals surface area contributed by atoms with Gasteiger partial charge in [-0.3, -0.25) is 4.79 Å². The Morgan fingerprint density at radius 1 is 1.48 bits per heavy atom. The Morgan fingerprint density at radius 2 is 2.24 bits per heavy atom. The fourth-order valence-electron chi connectivity index (χ4n) is 1.84. The molecule has 3 N–H and O–H groups in total. The van der Waals surface area contributed by atoms with Crippen molar-refractivity contribution in [1.29, 1.82) is 0 Å². The average Bonchev–Trinajstić information content (AvgIpc) is 2.80. The van der Waals surface area contributed by atoms with E-state index < -0.39 is 11.9 Å². The summed E-state index contributed by atoms with van der Waals surface area (Å²) < 4.78 is 4.94. The highest BCUT2D eigenvalue weighted by Crippen LogP contribution is 2.22. The van der Waals surface area contributed by atoms with Crippen molar-refractivity contribution >= 4 is 17.6 Å². The Balaban J connectivity index is 2.27. The number of hydrogen-bond acceptors (Lipinski definition) is 5. The van der Waals surface area contributed by atoms with Gasteiger partial charge in [0.2, 0.25) is 0 Å². The van der Waals surface area contributed by atoms with Crippen molar-refractivity contribution in [1.82, 2.24) is 9.97 Å². The molecule has 7 heteroatoms. The van der Waals surface area contributed by atoms with Gasteiger partial charge in [0, 0.05) is 18.1 Å². The number of ether oxygens (including phenoxy) is 1. The molecule has 110 valence electrons. The van der Waals surface area contributed by atoms with Crippen LogP contribution in [0, 0.1) is 6.92 Å². The molecule has 7 nitrogen and oxygen atoms in total. The van der Waals surface area contributed by atoms with Crippen LogP contribution in [0.15, 0.2) is 24.5 Å². The fourth-order valence-corrected chi connectivity index (χ4v) is 1.84. The number of nitrogens with one attached hydrogen (secondary N) is 2. The molecule has 0 saturated carbocycles. The molecule has 2 aromatic rings. The van der Waals surface area contributed by atoms with Crippen LogP contribution in [0.25, 0.3) is 0 Å². The van der Waals surface area contributed by atoms with Gasteiger partial charge in [0.25, 0.3) is 5.91 Å². The Bertz CT molecular complexity index is 679. The number of aromatic amines is 1. The first-order chi connectivity index (χ1) is 10.0. The van der Waals surface area contributed by atoms with E-state index in [-0.39, 0.29) is 29.3 Å². The van der Waals surface area contributed by atoms with Crippen LogP contribution in [-0.4, -0.2) is 33.6 Å². The molecule has 21 heavy (non-hydrogen) atoms. The Kier molecular flexibility index (Phi) is 4.22. The number of aryl methyl sites for hydroxylation is 1. The first-order valence-electron chi connectivity index (χ1n) is 6.35. The molecule has 2 rings (SSSR count). The lowest BCUT2D eigenvalue weighted by molar-refractivity contribution is 0.0527. The average molecular weight is 289 g/mol. The van der Waals surface area contributed by atoms with E-state index in [0.717, 1.165) is 0 Å². The number of aromatic nitrogens is 2. The third-order valence-corrected chi connectivity index (χ3v) is 2.81. The normalized spacial score (nSPS) is 10.2. The minimum absolute atomic E-state index is 0.119. The van der Waals surface area contributed by atoms with Gasteiger partial charge >= 0.3 is 5.97 Å². The maximum Gasteiger partial charge on any atom is 0.342 e. The summed E-state index contributed by atoms with van der Waals surface area (Å²) in [5, 5.41) is 12.1. The molecule has 0 unspecified atom stereocenters. The van der Waals surface area contributed by atoms with Gasteiger partial charge in [0.15, 0.2) is 5.69 Å². The second-order valence-electron chi connectivity index (χ2n) is 4.25. The Labute approximate surface area is 121 Å². The van der Waals surface area contributed by atoms with Gasteiger partial charge in [-0.25, -0.2) is 9.78 Å². The topological polar surface area (TPSA) is 104 Å². The van der Waals surface area contributed by atoms with Gasteiger partial charge in [0.1, 0.15) is 11.3 Å². The van der Waals surface area contributed by atoms with Crippen LogP contribution in [0.1, 0.15) is 33.5 Å². The number of carbonyl (C=O) groups excluding carboxylic acids is 2. The van der Waals surface area contributed by atoms with E-state index in [0.29, 0.717) is 5.69 Å². The summed E-state index contributed by atoms with van der Waals surface area (Å²) in [7, 11) is 0. The van der Waals surface area contributed by atoms with Crippen LogP contribution >= 0.6 is 0 Å². The summed E-state index contributed by atoms with van der Waals surface area (Å²) in [6.07, 6.45) is 2.88. The standard InChI is InChI=1S/C14H15N3O4/c1-3-21-14(20)11-8(2)16-7-9(11)17-13(19)12-10(18)5-4-6-15-12/h4-7,16,18H,3H2,1-2H3,(H,17,19). The van der Waals surface area contributed by atoms with Crippen LogP contribution in [0.2, 0.25) is 0 Å². The first-order valence-corrected chi connectivity index (χ1v) is 6.35. The number of H-pyrrole nitrogens is 1. The Hall–Kier alpha value is -2.83. The van der Waals surface area contributed by atoms with Crippen LogP contribution in [-0.2, 0) is 4.74 Å². The summed E-state index contributed by atoms with van der Waals surface area (Å²) in [6.45, 7) is 3.63. The molecule has 0 aliphatic rings. The lowest BCUT2D eigenvalue weighted by atomic mass is 10.2. The van der Waals surface area contributed by atoms with E-state index in [1.807, 2.05) is 0 Å². The molecule has 0 aliphatic heterocycles. The van der Waals surface area contributed by atoms with E-state index in [2.05, 4.69) is 15.3 Å².